The van der Waals surface area contributed by atoms with Crippen LogP contribution in [0.25, 0.3) is 0 Å². The van der Waals surface area contributed by atoms with Gasteiger partial charge in [0.05, 0.1) is 9.83 Å². The second-order valence-corrected chi connectivity index (χ2v) is 8.01. The summed E-state index contributed by atoms with van der Waals surface area (Å²) in [5.74, 6) is -0.238. The minimum atomic E-state index is -0.242. The van der Waals surface area contributed by atoms with Crippen molar-refractivity contribution in [2.75, 3.05) is 13.6 Å². The minimum absolute atomic E-state index is 0.00485. The van der Waals surface area contributed by atoms with Crippen molar-refractivity contribution in [1.29, 1.82) is 0 Å². The van der Waals surface area contributed by atoms with E-state index in [4.69, 9.17) is 0 Å². The molecular weight excluding hydrogens is 379 g/mol. The number of carbonyl (C=O) groups is 1. The van der Waals surface area contributed by atoms with Crippen LogP contribution < -0.4 is 5.32 Å². The number of hydrogen-bond acceptors (Lipinski definition) is 3. The minimum Gasteiger partial charge on any atom is -0.354 e. The molecule has 3 nitrogen and oxygen atoms in total. The second kappa shape index (κ2) is 8.57. The van der Waals surface area contributed by atoms with Gasteiger partial charge in [-0.2, -0.15) is 0 Å². The topological polar surface area (TPSA) is 32.3 Å². The average Bonchev–Trinajstić information content (AvgIpc) is 2.93. The molecular formula is C17H20BrFN2OS. The lowest BCUT2D eigenvalue weighted by molar-refractivity contribution is -0.125. The van der Waals surface area contributed by atoms with Gasteiger partial charge < -0.3 is 5.32 Å². The summed E-state index contributed by atoms with van der Waals surface area (Å²) >= 11 is 5.12. The Morgan fingerprint density at radius 3 is 2.61 bits per heavy atom. The Bertz CT molecular complexity index is 644. The molecule has 0 fully saturated rings. The number of halogens is 2. The number of likely N-dealkylation sites (N-methyl/N-ethyl adjacent to an activating group) is 1. The van der Waals surface area contributed by atoms with Gasteiger partial charge in [-0.3, -0.25) is 9.69 Å². The van der Waals surface area contributed by atoms with E-state index in [1.165, 1.54) is 17.0 Å². The van der Waals surface area contributed by atoms with Crippen LogP contribution >= 0.6 is 27.3 Å². The van der Waals surface area contributed by atoms with E-state index < -0.39 is 0 Å². The van der Waals surface area contributed by atoms with Gasteiger partial charge >= 0.3 is 0 Å². The van der Waals surface area contributed by atoms with Gasteiger partial charge in [-0.15, -0.1) is 11.3 Å². The molecule has 1 heterocycles. The summed E-state index contributed by atoms with van der Waals surface area (Å²) in [5.41, 5.74) is 1.01. The summed E-state index contributed by atoms with van der Waals surface area (Å²) < 4.78 is 13.9. The number of thiophene rings is 1. The first-order valence-corrected chi connectivity index (χ1v) is 9.03. The summed E-state index contributed by atoms with van der Waals surface area (Å²) in [7, 11) is 1.94. The van der Waals surface area contributed by atoms with Crippen molar-refractivity contribution in [3.8, 4) is 0 Å². The van der Waals surface area contributed by atoms with Crippen LogP contribution in [0, 0.1) is 5.82 Å². The molecule has 1 unspecified atom stereocenters. The Morgan fingerprint density at radius 1 is 1.30 bits per heavy atom. The smallest absolute Gasteiger partial charge is 0.237 e. The first-order chi connectivity index (χ1) is 11.0. The van der Waals surface area contributed by atoms with E-state index in [-0.39, 0.29) is 17.8 Å². The van der Waals surface area contributed by atoms with E-state index in [9.17, 15) is 9.18 Å². The van der Waals surface area contributed by atoms with E-state index >= 15 is 0 Å². The summed E-state index contributed by atoms with van der Waals surface area (Å²) in [6.45, 7) is 3.19. The Balaban J connectivity index is 1.76. The van der Waals surface area contributed by atoms with Crippen LogP contribution in [0.5, 0.6) is 0 Å². The molecule has 2 aromatic rings. The van der Waals surface area contributed by atoms with Gasteiger partial charge in [-0.1, -0.05) is 12.1 Å². The van der Waals surface area contributed by atoms with Crippen LogP contribution in [-0.4, -0.2) is 30.4 Å². The highest BCUT2D eigenvalue weighted by molar-refractivity contribution is 9.11. The maximum absolute atomic E-state index is 12.8. The standard InChI is InChI=1S/C17H20BrFN2OS/c1-12(21(2)11-15-7-8-16(18)23-15)17(22)20-10-9-13-3-5-14(19)6-4-13/h3-8,12H,9-11H2,1-2H3,(H,20,22). The van der Waals surface area contributed by atoms with E-state index in [0.29, 0.717) is 13.0 Å². The molecule has 0 bridgehead atoms. The number of rotatable bonds is 7. The zero-order valence-corrected chi connectivity index (χ0v) is 15.6. The first-order valence-electron chi connectivity index (χ1n) is 7.42. The van der Waals surface area contributed by atoms with Gasteiger partial charge in [-0.25, -0.2) is 4.39 Å². The molecule has 0 saturated carbocycles. The molecule has 0 aliphatic rings. The van der Waals surface area contributed by atoms with Crippen LogP contribution in [0.3, 0.4) is 0 Å². The van der Waals surface area contributed by atoms with E-state index in [0.717, 1.165) is 15.9 Å². The second-order valence-electron chi connectivity index (χ2n) is 5.46. The highest BCUT2D eigenvalue weighted by Crippen LogP contribution is 2.23. The largest absolute Gasteiger partial charge is 0.354 e. The summed E-state index contributed by atoms with van der Waals surface area (Å²) in [6.07, 6.45) is 0.695. The number of nitrogens with zero attached hydrogens (tertiary/aromatic N) is 1. The number of nitrogens with one attached hydrogen (secondary N) is 1. The number of hydrogen-bond donors (Lipinski definition) is 1. The van der Waals surface area contributed by atoms with Crippen molar-refractivity contribution in [3.05, 3.63) is 56.4 Å². The summed E-state index contributed by atoms with van der Waals surface area (Å²) in [4.78, 5) is 15.4. The predicted octanol–water partition coefficient (Wildman–Crippen LogP) is 3.83. The third kappa shape index (κ3) is 5.71. The Hall–Kier alpha value is -1.24. The summed E-state index contributed by atoms with van der Waals surface area (Å²) in [5, 5.41) is 2.94. The fourth-order valence-electron chi connectivity index (χ4n) is 2.15. The van der Waals surface area contributed by atoms with Crippen molar-refractivity contribution in [2.45, 2.75) is 25.9 Å². The molecule has 1 aromatic heterocycles. The molecule has 23 heavy (non-hydrogen) atoms. The zero-order chi connectivity index (χ0) is 16.8. The van der Waals surface area contributed by atoms with Crippen molar-refractivity contribution < 1.29 is 9.18 Å². The van der Waals surface area contributed by atoms with Gasteiger partial charge in [0.2, 0.25) is 5.91 Å². The van der Waals surface area contributed by atoms with Gasteiger partial charge in [0.25, 0.3) is 0 Å². The molecule has 1 atom stereocenters. The lowest BCUT2D eigenvalue weighted by atomic mass is 10.1. The fraction of sp³-hybridized carbons (Fsp3) is 0.353. The lowest BCUT2D eigenvalue weighted by Crippen LogP contribution is -2.43. The molecule has 2 rings (SSSR count). The molecule has 0 aliphatic carbocycles. The molecule has 0 radical (unpaired) electrons. The average molecular weight is 399 g/mol. The van der Waals surface area contributed by atoms with Gasteiger partial charge in [0.1, 0.15) is 5.82 Å². The van der Waals surface area contributed by atoms with E-state index in [1.54, 1.807) is 23.5 Å². The lowest BCUT2D eigenvalue weighted by Gasteiger charge is -2.23. The van der Waals surface area contributed by atoms with Crippen LogP contribution in [0.1, 0.15) is 17.4 Å². The molecule has 1 N–H and O–H groups in total. The highest BCUT2D eigenvalue weighted by Gasteiger charge is 2.18. The SMILES string of the molecule is CC(C(=O)NCCc1ccc(F)cc1)N(C)Cc1ccc(Br)s1. The van der Waals surface area contributed by atoms with E-state index in [1.807, 2.05) is 24.9 Å². The van der Waals surface area contributed by atoms with E-state index in [2.05, 4.69) is 27.3 Å². The number of amides is 1. The Kier molecular flexibility index (Phi) is 6.74. The maximum atomic E-state index is 12.8. The van der Waals surface area contributed by atoms with Crippen LogP contribution in [0.15, 0.2) is 40.2 Å². The molecule has 1 amide bonds. The molecule has 1 aromatic carbocycles. The molecule has 0 spiro atoms. The summed E-state index contributed by atoms with van der Waals surface area (Å²) in [6, 6.07) is 10.2. The third-order valence-electron chi connectivity index (χ3n) is 3.70. The zero-order valence-electron chi connectivity index (χ0n) is 13.2. The third-order valence-corrected chi connectivity index (χ3v) is 5.31. The van der Waals surface area contributed by atoms with Crippen molar-refractivity contribution in [1.82, 2.24) is 10.2 Å². The quantitative estimate of drug-likeness (QED) is 0.768. The first kappa shape index (κ1) is 18.1. The van der Waals surface area contributed by atoms with Crippen LogP contribution in [0.4, 0.5) is 4.39 Å². The van der Waals surface area contributed by atoms with Gasteiger partial charge in [0, 0.05) is 18.0 Å². The predicted molar refractivity (Wildman–Crippen MR) is 96.1 cm³/mol. The van der Waals surface area contributed by atoms with Crippen LogP contribution in [0.2, 0.25) is 0 Å². The maximum Gasteiger partial charge on any atom is 0.237 e. The van der Waals surface area contributed by atoms with Gasteiger partial charge in [0.15, 0.2) is 0 Å². The van der Waals surface area contributed by atoms with Gasteiger partial charge in [-0.05, 0) is 66.2 Å². The number of carbonyl (C=O) groups excluding carboxylic acids is 1. The van der Waals surface area contributed by atoms with Crippen LogP contribution in [-0.2, 0) is 17.8 Å². The van der Waals surface area contributed by atoms with Crippen molar-refractivity contribution in [2.24, 2.45) is 0 Å². The molecule has 0 aliphatic heterocycles. The molecule has 0 saturated heterocycles. The van der Waals surface area contributed by atoms with Crippen molar-refractivity contribution in [3.63, 3.8) is 0 Å². The normalized spacial score (nSPS) is 12.4. The molecule has 6 heteroatoms. The number of benzene rings is 1. The Labute approximate surface area is 148 Å². The highest BCUT2D eigenvalue weighted by atomic mass is 79.9. The van der Waals surface area contributed by atoms with Crippen molar-refractivity contribution >= 4 is 33.2 Å². The fourth-order valence-corrected chi connectivity index (χ4v) is 3.70. The molecule has 124 valence electrons. The monoisotopic (exact) mass is 398 g/mol. The Morgan fingerprint density at radius 2 is 2.00 bits per heavy atom.